The molecule has 0 unspecified atom stereocenters. The number of amides is 2. The molecule has 1 aromatic heterocycles. The number of carbonyl (C=O) groups is 2. The first kappa shape index (κ1) is 20.9. The molecule has 2 amide bonds. The van der Waals surface area contributed by atoms with Crippen LogP contribution in [0, 0.1) is 11.3 Å². The van der Waals surface area contributed by atoms with Gasteiger partial charge >= 0.3 is 6.09 Å². The Morgan fingerprint density at radius 3 is 2.48 bits per heavy atom. The number of hydrogen-bond donors (Lipinski definition) is 0. The molecule has 3 heterocycles. The van der Waals surface area contributed by atoms with Gasteiger partial charge in [-0.25, -0.2) is 9.78 Å². The molecule has 1 aromatic rings. The fraction of sp³-hybridized carbons (Fsp3) is 0.600. The third-order valence-corrected chi connectivity index (χ3v) is 4.79. The maximum absolute atomic E-state index is 12.9. The standard InChI is InChI=1S/C20H27N5O4/c1-20(2,3)29-19(27)25-10-11-28-16(14-25)18(26)24-8-6-23(7-9-24)17-5-4-15(12-21)13-22-17/h4-5,13,16H,6-11,14H2,1-3H3/t16-/m0/s1. The van der Waals surface area contributed by atoms with Crippen molar-refractivity contribution in [1.29, 1.82) is 5.26 Å². The van der Waals surface area contributed by atoms with Crippen molar-refractivity contribution in [3.8, 4) is 6.07 Å². The summed E-state index contributed by atoms with van der Waals surface area (Å²) in [6.45, 7) is 8.76. The first-order valence-corrected chi connectivity index (χ1v) is 9.76. The molecule has 0 spiro atoms. The molecule has 0 aliphatic carbocycles. The summed E-state index contributed by atoms with van der Waals surface area (Å²) in [6.07, 6.45) is 0.458. The second-order valence-electron chi connectivity index (χ2n) is 8.12. The Kier molecular flexibility index (Phi) is 6.23. The lowest BCUT2D eigenvalue weighted by molar-refractivity contribution is -0.149. The predicted molar refractivity (Wildman–Crippen MR) is 105 cm³/mol. The lowest BCUT2D eigenvalue weighted by atomic mass is 10.2. The van der Waals surface area contributed by atoms with Crippen molar-refractivity contribution in [1.82, 2.24) is 14.8 Å². The van der Waals surface area contributed by atoms with Gasteiger partial charge in [0.1, 0.15) is 17.5 Å². The van der Waals surface area contributed by atoms with Gasteiger partial charge < -0.3 is 24.2 Å². The molecule has 0 N–H and O–H groups in total. The van der Waals surface area contributed by atoms with Gasteiger partial charge in [0, 0.05) is 38.9 Å². The molecule has 1 atom stereocenters. The normalized spacial score (nSPS) is 20.2. The van der Waals surface area contributed by atoms with Gasteiger partial charge in [0.25, 0.3) is 5.91 Å². The number of aromatic nitrogens is 1. The topological polar surface area (TPSA) is 99.0 Å². The molecule has 2 fully saturated rings. The van der Waals surface area contributed by atoms with Crippen LogP contribution in [-0.2, 0) is 14.3 Å². The summed E-state index contributed by atoms with van der Waals surface area (Å²) in [4.78, 5) is 34.9. The number of nitrogens with zero attached hydrogens (tertiary/aromatic N) is 5. The fourth-order valence-corrected chi connectivity index (χ4v) is 3.29. The van der Waals surface area contributed by atoms with E-state index in [2.05, 4.69) is 16.0 Å². The van der Waals surface area contributed by atoms with Crippen LogP contribution < -0.4 is 4.90 Å². The van der Waals surface area contributed by atoms with E-state index in [1.165, 1.54) is 4.90 Å². The lowest BCUT2D eigenvalue weighted by Gasteiger charge is -2.39. The van der Waals surface area contributed by atoms with Crippen LogP contribution in [0.1, 0.15) is 26.3 Å². The predicted octanol–water partition coefficient (Wildman–Crippen LogP) is 1.24. The van der Waals surface area contributed by atoms with Crippen LogP contribution in [0.2, 0.25) is 0 Å². The Labute approximate surface area is 170 Å². The Hall–Kier alpha value is -2.86. The average Bonchev–Trinajstić information content (AvgIpc) is 2.72. The van der Waals surface area contributed by atoms with E-state index in [4.69, 9.17) is 14.7 Å². The number of rotatable bonds is 2. The zero-order valence-electron chi connectivity index (χ0n) is 17.1. The fourth-order valence-electron chi connectivity index (χ4n) is 3.29. The average molecular weight is 401 g/mol. The molecule has 0 aromatic carbocycles. The van der Waals surface area contributed by atoms with Crippen LogP contribution >= 0.6 is 0 Å². The SMILES string of the molecule is CC(C)(C)OC(=O)N1CCO[C@H](C(=O)N2CCN(c3ccc(C#N)cn3)CC2)C1. The van der Waals surface area contributed by atoms with Crippen LogP contribution in [0.15, 0.2) is 18.3 Å². The van der Waals surface area contributed by atoms with Gasteiger partial charge in [0.15, 0.2) is 6.10 Å². The molecule has 156 valence electrons. The Balaban J connectivity index is 1.53. The highest BCUT2D eigenvalue weighted by atomic mass is 16.6. The molecule has 2 aliphatic rings. The lowest BCUT2D eigenvalue weighted by Crippen LogP contribution is -2.57. The van der Waals surface area contributed by atoms with Gasteiger partial charge in [0.2, 0.25) is 0 Å². The quantitative estimate of drug-likeness (QED) is 0.735. The van der Waals surface area contributed by atoms with E-state index in [0.29, 0.717) is 44.9 Å². The van der Waals surface area contributed by atoms with E-state index in [9.17, 15) is 9.59 Å². The smallest absolute Gasteiger partial charge is 0.410 e. The monoisotopic (exact) mass is 401 g/mol. The molecule has 0 bridgehead atoms. The van der Waals surface area contributed by atoms with Crippen LogP contribution in [-0.4, -0.2) is 84.4 Å². The Morgan fingerprint density at radius 2 is 1.90 bits per heavy atom. The molecule has 3 rings (SSSR count). The van der Waals surface area contributed by atoms with Crippen molar-refractivity contribution >= 4 is 17.8 Å². The molecule has 2 saturated heterocycles. The number of pyridine rings is 1. The van der Waals surface area contributed by atoms with E-state index in [0.717, 1.165) is 5.82 Å². The van der Waals surface area contributed by atoms with E-state index < -0.39 is 17.8 Å². The maximum atomic E-state index is 12.9. The second-order valence-corrected chi connectivity index (χ2v) is 8.12. The van der Waals surface area contributed by atoms with Gasteiger partial charge in [-0.3, -0.25) is 4.79 Å². The molecule has 29 heavy (non-hydrogen) atoms. The van der Waals surface area contributed by atoms with Crippen molar-refractivity contribution in [3.05, 3.63) is 23.9 Å². The first-order valence-electron chi connectivity index (χ1n) is 9.76. The number of piperazine rings is 1. The summed E-state index contributed by atoms with van der Waals surface area (Å²) in [6, 6.07) is 5.61. The summed E-state index contributed by atoms with van der Waals surface area (Å²) < 4.78 is 11.0. The van der Waals surface area contributed by atoms with E-state index >= 15 is 0 Å². The van der Waals surface area contributed by atoms with Crippen molar-refractivity contribution in [2.45, 2.75) is 32.5 Å². The minimum absolute atomic E-state index is 0.106. The van der Waals surface area contributed by atoms with Gasteiger partial charge in [-0.15, -0.1) is 0 Å². The number of morpholine rings is 1. The minimum Gasteiger partial charge on any atom is -0.444 e. The van der Waals surface area contributed by atoms with Crippen molar-refractivity contribution < 1.29 is 19.1 Å². The van der Waals surface area contributed by atoms with Crippen molar-refractivity contribution in [2.75, 3.05) is 50.8 Å². The van der Waals surface area contributed by atoms with Gasteiger partial charge in [-0.1, -0.05) is 0 Å². The van der Waals surface area contributed by atoms with Crippen LogP contribution in [0.3, 0.4) is 0 Å². The number of ether oxygens (including phenoxy) is 2. The van der Waals surface area contributed by atoms with Crippen molar-refractivity contribution in [2.24, 2.45) is 0 Å². The van der Waals surface area contributed by atoms with Gasteiger partial charge in [-0.2, -0.15) is 5.26 Å². The third kappa shape index (κ3) is 5.35. The Morgan fingerprint density at radius 1 is 1.17 bits per heavy atom. The Bertz CT molecular complexity index is 776. The highest BCUT2D eigenvalue weighted by Crippen LogP contribution is 2.17. The highest BCUT2D eigenvalue weighted by Gasteiger charge is 2.35. The highest BCUT2D eigenvalue weighted by molar-refractivity contribution is 5.82. The van der Waals surface area contributed by atoms with Crippen molar-refractivity contribution in [3.63, 3.8) is 0 Å². The maximum Gasteiger partial charge on any atom is 0.410 e. The molecular weight excluding hydrogens is 374 g/mol. The number of nitriles is 1. The molecule has 9 heteroatoms. The zero-order valence-corrected chi connectivity index (χ0v) is 17.1. The van der Waals surface area contributed by atoms with Gasteiger partial charge in [-0.05, 0) is 32.9 Å². The molecule has 0 radical (unpaired) electrons. The summed E-state index contributed by atoms with van der Waals surface area (Å²) in [5.41, 5.74) is -0.0587. The second kappa shape index (κ2) is 8.66. The van der Waals surface area contributed by atoms with E-state index in [-0.39, 0.29) is 12.5 Å². The molecular formula is C20H27N5O4. The minimum atomic E-state index is -0.671. The van der Waals surface area contributed by atoms with Gasteiger partial charge in [0.05, 0.1) is 18.7 Å². The zero-order chi connectivity index (χ0) is 21.0. The number of carbonyl (C=O) groups excluding carboxylic acids is 2. The van der Waals surface area contributed by atoms with Crippen LogP contribution in [0.5, 0.6) is 0 Å². The summed E-state index contributed by atoms with van der Waals surface area (Å²) in [5, 5.41) is 8.87. The molecule has 2 aliphatic heterocycles. The summed E-state index contributed by atoms with van der Waals surface area (Å²) in [7, 11) is 0. The number of anilines is 1. The molecule has 9 nitrogen and oxygen atoms in total. The first-order chi connectivity index (χ1) is 13.8. The van der Waals surface area contributed by atoms with E-state index in [1.54, 1.807) is 17.2 Å². The largest absolute Gasteiger partial charge is 0.444 e. The number of hydrogen-bond acceptors (Lipinski definition) is 7. The summed E-state index contributed by atoms with van der Waals surface area (Å²) >= 11 is 0. The van der Waals surface area contributed by atoms with Crippen LogP contribution in [0.4, 0.5) is 10.6 Å². The molecule has 0 saturated carbocycles. The van der Waals surface area contributed by atoms with Crippen LogP contribution in [0.25, 0.3) is 0 Å². The van der Waals surface area contributed by atoms with E-state index in [1.807, 2.05) is 26.8 Å². The third-order valence-electron chi connectivity index (χ3n) is 4.79. The summed E-state index contributed by atoms with van der Waals surface area (Å²) in [5.74, 6) is 0.687.